The minimum atomic E-state index is 0.344. The molecule has 0 atom stereocenters. The van der Waals surface area contributed by atoms with Crippen molar-refractivity contribution >= 4 is 16.9 Å². The third-order valence-electron chi connectivity index (χ3n) is 4.89. The van der Waals surface area contributed by atoms with Crippen molar-refractivity contribution in [3.05, 3.63) is 48.0 Å². The minimum Gasteiger partial charge on any atom is -0.287 e. The molecule has 0 fully saturated rings. The van der Waals surface area contributed by atoms with Crippen LogP contribution in [-0.2, 0) is 10.5 Å². The first kappa shape index (κ1) is 24.0. The second-order valence-electron chi connectivity index (χ2n) is 7.48. The third kappa shape index (κ3) is 15.7. The molecule has 2 heteroatoms. The van der Waals surface area contributed by atoms with E-state index in [0.717, 1.165) is 18.6 Å². The quantitative estimate of drug-likeness (QED) is 0.196. The van der Waals surface area contributed by atoms with Gasteiger partial charge in [-0.05, 0) is 37.7 Å². The predicted molar refractivity (Wildman–Crippen MR) is 122 cm³/mol. The van der Waals surface area contributed by atoms with E-state index in [-0.39, 0.29) is 0 Å². The van der Waals surface area contributed by atoms with Gasteiger partial charge in [-0.15, -0.1) is 0 Å². The second-order valence-corrected chi connectivity index (χ2v) is 8.51. The minimum absolute atomic E-state index is 0.344. The van der Waals surface area contributed by atoms with Crippen LogP contribution in [0.25, 0.3) is 0 Å². The standard InChI is InChI=1S/C25H40OS/c1-2-3-4-5-6-7-8-9-10-11-12-13-14-15-19-22-25(26)27-23-24-20-17-16-18-21-24/h9-10,16-18,20-21H,2-8,11-15,19,22-23H2,1H3. The largest absolute Gasteiger partial charge is 0.287 e. The molecule has 1 aromatic rings. The number of hydrogen-bond acceptors (Lipinski definition) is 2. The Morgan fingerprint density at radius 1 is 0.778 bits per heavy atom. The summed E-state index contributed by atoms with van der Waals surface area (Å²) in [6.45, 7) is 2.27. The van der Waals surface area contributed by atoms with Crippen LogP contribution in [0.5, 0.6) is 0 Å². The lowest BCUT2D eigenvalue weighted by atomic mass is 10.1. The van der Waals surface area contributed by atoms with Gasteiger partial charge in [0.1, 0.15) is 0 Å². The van der Waals surface area contributed by atoms with Crippen LogP contribution in [0.1, 0.15) is 102 Å². The lowest BCUT2D eigenvalue weighted by Crippen LogP contribution is -1.93. The van der Waals surface area contributed by atoms with Gasteiger partial charge in [0.15, 0.2) is 5.12 Å². The van der Waals surface area contributed by atoms with E-state index >= 15 is 0 Å². The van der Waals surface area contributed by atoms with Gasteiger partial charge in [0.05, 0.1) is 0 Å². The van der Waals surface area contributed by atoms with E-state index in [1.165, 1.54) is 94.4 Å². The van der Waals surface area contributed by atoms with E-state index in [4.69, 9.17) is 0 Å². The molecule has 0 aliphatic rings. The molecule has 0 unspecified atom stereocenters. The van der Waals surface area contributed by atoms with Crippen LogP contribution >= 0.6 is 11.8 Å². The highest BCUT2D eigenvalue weighted by Crippen LogP contribution is 2.17. The van der Waals surface area contributed by atoms with E-state index < -0.39 is 0 Å². The van der Waals surface area contributed by atoms with Crippen molar-refractivity contribution in [2.75, 3.05) is 0 Å². The third-order valence-corrected chi connectivity index (χ3v) is 5.89. The lowest BCUT2D eigenvalue weighted by Gasteiger charge is -2.02. The van der Waals surface area contributed by atoms with Crippen molar-refractivity contribution < 1.29 is 4.79 Å². The Morgan fingerprint density at radius 2 is 1.33 bits per heavy atom. The number of benzene rings is 1. The summed E-state index contributed by atoms with van der Waals surface area (Å²) >= 11 is 1.47. The predicted octanol–water partition coefficient (Wildman–Crippen LogP) is 8.48. The zero-order chi connectivity index (χ0) is 19.4. The Morgan fingerprint density at radius 3 is 1.96 bits per heavy atom. The number of allylic oxidation sites excluding steroid dienone is 2. The van der Waals surface area contributed by atoms with Crippen LogP contribution < -0.4 is 0 Å². The number of hydrogen-bond donors (Lipinski definition) is 0. The first-order valence-electron chi connectivity index (χ1n) is 11.2. The van der Waals surface area contributed by atoms with Gasteiger partial charge in [-0.1, -0.05) is 113 Å². The number of carbonyl (C=O) groups excluding carboxylic acids is 1. The molecule has 1 nitrogen and oxygen atoms in total. The first-order valence-corrected chi connectivity index (χ1v) is 12.2. The SMILES string of the molecule is CCCCCCCCC=CCCCCCCCC(=O)SCc1ccccc1. The molecule has 1 aromatic carbocycles. The molecule has 0 radical (unpaired) electrons. The van der Waals surface area contributed by atoms with E-state index in [9.17, 15) is 4.79 Å². The van der Waals surface area contributed by atoms with Gasteiger partial charge in [0.2, 0.25) is 0 Å². The number of rotatable bonds is 17. The van der Waals surface area contributed by atoms with Crippen molar-refractivity contribution in [2.45, 2.75) is 103 Å². The van der Waals surface area contributed by atoms with Gasteiger partial charge < -0.3 is 0 Å². The average molecular weight is 389 g/mol. The van der Waals surface area contributed by atoms with E-state index in [2.05, 4.69) is 31.2 Å². The zero-order valence-corrected chi connectivity index (χ0v) is 18.3. The molecular weight excluding hydrogens is 348 g/mol. The van der Waals surface area contributed by atoms with Crippen LogP contribution in [0.2, 0.25) is 0 Å². The maximum Gasteiger partial charge on any atom is 0.189 e. The Kier molecular flexibility index (Phi) is 16.3. The van der Waals surface area contributed by atoms with Crippen LogP contribution in [-0.4, -0.2) is 5.12 Å². The molecule has 1 rings (SSSR count). The highest BCUT2D eigenvalue weighted by Gasteiger charge is 2.03. The molecule has 0 saturated heterocycles. The lowest BCUT2D eigenvalue weighted by molar-refractivity contribution is -0.111. The maximum atomic E-state index is 11.9. The molecule has 0 spiro atoms. The van der Waals surface area contributed by atoms with Crippen LogP contribution in [0.3, 0.4) is 0 Å². The van der Waals surface area contributed by atoms with Crippen molar-refractivity contribution in [1.82, 2.24) is 0 Å². The summed E-state index contributed by atoms with van der Waals surface area (Å²) in [7, 11) is 0. The molecule has 0 amide bonds. The molecule has 0 N–H and O–H groups in total. The van der Waals surface area contributed by atoms with Crippen molar-refractivity contribution in [1.29, 1.82) is 0 Å². The molecular formula is C25H40OS. The number of carbonyl (C=O) groups is 1. The molecule has 0 heterocycles. The van der Waals surface area contributed by atoms with Gasteiger partial charge in [-0.3, -0.25) is 4.79 Å². The highest BCUT2D eigenvalue weighted by atomic mass is 32.2. The Balaban J connectivity index is 1.82. The topological polar surface area (TPSA) is 17.1 Å². The summed E-state index contributed by atoms with van der Waals surface area (Å²) in [6.07, 6.45) is 22.4. The van der Waals surface area contributed by atoms with Crippen molar-refractivity contribution in [3.63, 3.8) is 0 Å². The van der Waals surface area contributed by atoms with Crippen molar-refractivity contribution in [3.8, 4) is 0 Å². The molecule has 0 aliphatic carbocycles. The summed E-state index contributed by atoms with van der Waals surface area (Å²) in [5.41, 5.74) is 1.24. The Bertz CT molecular complexity index is 480. The van der Waals surface area contributed by atoms with E-state index in [1.54, 1.807) is 0 Å². The van der Waals surface area contributed by atoms with Crippen LogP contribution in [0.4, 0.5) is 0 Å². The normalized spacial score (nSPS) is 11.3. The summed E-state index contributed by atoms with van der Waals surface area (Å²) in [6, 6.07) is 10.3. The van der Waals surface area contributed by atoms with Crippen LogP contribution in [0, 0.1) is 0 Å². The summed E-state index contributed by atoms with van der Waals surface area (Å²) in [4.78, 5) is 11.9. The molecule has 27 heavy (non-hydrogen) atoms. The molecule has 0 aromatic heterocycles. The van der Waals surface area contributed by atoms with Gasteiger partial charge in [-0.25, -0.2) is 0 Å². The fourth-order valence-corrected chi connectivity index (χ4v) is 3.96. The molecule has 0 saturated carbocycles. The zero-order valence-electron chi connectivity index (χ0n) is 17.5. The Hall–Kier alpha value is -1.02. The fraction of sp³-hybridized carbons (Fsp3) is 0.640. The summed E-state index contributed by atoms with van der Waals surface area (Å²) in [5, 5.41) is 0.344. The Labute approximate surface area is 172 Å². The number of thioether (sulfide) groups is 1. The first-order chi connectivity index (χ1) is 13.3. The molecule has 0 aliphatic heterocycles. The highest BCUT2D eigenvalue weighted by molar-refractivity contribution is 8.12. The average Bonchev–Trinajstić information content (AvgIpc) is 2.70. The van der Waals surface area contributed by atoms with Crippen molar-refractivity contribution in [2.24, 2.45) is 0 Å². The smallest absolute Gasteiger partial charge is 0.189 e. The maximum absolute atomic E-state index is 11.9. The van der Waals surface area contributed by atoms with Gasteiger partial charge in [-0.2, -0.15) is 0 Å². The monoisotopic (exact) mass is 388 g/mol. The van der Waals surface area contributed by atoms with Gasteiger partial charge >= 0.3 is 0 Å². The van der Waals surface area contributed by atoms with E-state index in [1.807, 2.05) is 18.2 Å². The van der Waals surface area contributed by atoms with Gasteiger partial charge in [0, 0.05) is 12.2 Å². The van der Waals surface area contributed by atoms with E-state index in [0.29, 0.717) is 5.12 Å². The molecule has 152 valence electrons. The second kappa shape index (κ2) is 18.3. The van der Waals surface area contributed by atoms with Crippen LogP contribution in [0.15, 0.2) is 42.5 Å². The fourth-order valence-electron chi connectivity index (χ4n) is 3.15. The molecule has 0 bridgehead atoms. The summed E-state index contributed by atoms with van der Waals surface area (Å²) < 4.78 is 0. The summed E-state index contributed by atoms with van der Waals surface area (Å²) in [5.74, 6) is 0.810. The van der Waals surface area contributed by atoms with Gasteiger partial charge in [0.25, 0.3) is 0 Å². The number of unbranched alkanes of at least 4 members (excludes halogenated alkanes) is 11.